The standard InChI is InChI=1S/C36H51N5O7S2/c1-23(2)18-40-14-12-26(20-40)37-35-38-29-11-10-27(17-33(29)49-35)50(44,45)41(19-24(3)4)21-31(42)30(16-25-8-6-5-7-9-25)39-36(43)48-32-22-47-34-28(32)13-15-46-34/h5-11,17,23-24,26,28,30-32,34,42H,12-16,18-22H2,1-4H3,(H,37,38)(H,39,43)/t26-,28+,30+,31-,32+,34-/m1/s1. The first-order valence-corrected chi connectivity index (χ1v) is 20.0. The molecular weight excluding hydrogens is 679 g/mol. The Morgan fingerprint density at radius 1 is 1.10 bits per heavy atom. The summed E-state index contributed by atoms with van der Waals surface area (Å²) in [6.45, 7) is 12.2. The third kappa shape index (κ3) is 9.14. The molecule has 3 saturated heterocycles. The van der Waals surface area contributed by atoms with Crippen molar-refractivity contribution in [3.05, 3.63) is 54.1 Å². The Balaban J connectivity index is 1.16. The molecule has 3 aliphatic heterocycles. The number of anilines is 1. The largest absolute Gasteiger partial charge is 0.443 e. The number of nitrogens with zero attached hydrogens (tertiary/aromatic N) is 3. The van der Waals surface area contributed by atoms with Crippen LogP contribution in [0.4, 0.5) is 9.93 Å². The van der Waals surface area contributed by atoms with E-state index < -0.39 is 34.4 Å². The van der Waals surface area contributed by atoms with Crippen molar-refractivity contribution in [1.82, 2.24) is 19.5 Å². The van der Waals surface area contributed by atoms with Gasteiger partial charge in [-0.1, -0.05) is 69.4 Å². The summed E-state index contributed by atoms with van der Waals surface area (Å²) in [6, 6.07) is 14.0. The average molecular weight is 730 g/mol. The number of amides is 1. The number of carbonyl (C=O) groups is 1. The number of rotatable bonds is 15. The molecule has 12 nitrogen and oxygen atoms in total. The van der Waals surface area contributed by atoms with Gasteiger partial charge in [0, 0.05) is 38.8 Å². The molecule has 0 saturated carbocycles. The maximum Gasteiger partial charge on any atom is 0.407 e. The molecule has 2 aromatic carbocycles. The van der Waals surface area contributed by atoms with Gasteiger partial charge in [0.25, 0.3) is 0 Å². The van der Waals surface area contributed by atoms with Crippen molar-refractivity contribution in [2.75, 3.05) is 51.3 Å². The van der Waals surface area contributed by atoms with Crippen molar-refractivity contribution in [1.29, 1.82) is 0 Å². The molecule has 1 aromatic heterocycles. The molecular formula is C36H51N5O7S2. The first-order valence-electron chi connectivity index (χ1n) is 17.8. The summed E-state index contributed by atoms with van der Waals surface area (Å²) >= 11 is 1.45. The number of carbonyl (C=O) groups excluding carboxylic acids is 1. The first kappa shape index (κ1) is 36.9. The molecule has 0 bridgehead atoms. The van der Waals surface area contributed by atoms with Crippen LogP contribution in [0.2, 0.25) is 0 Å². The summed E-state index contributed by atoms with van der Waals surface area (Å²) in [4.78, 5) is 20.5. The van der Waals surface area contributed by atoms with Crippen LogP contribution in [0, 0.1) is 17.8 Å². The van der Waals surface area contributed by atoms with Crippen molar-refractivity contribution < 1.29 is 32.5 Å². The Morgan fingerprint density at radius 3 is 2.66 bits per heavy atom. The van der Waals surface area contributed by atoms with Crippen LogP contribution in [0.5, 0.6) is 0 Å². The van der Waals surface area contributed by atoms with Crippen molar-refractivity contribution in [2.45, 2.75) is 82.4 Å². The highest BCUT2D eigenvalue weighted by Crippen LogP contribution is 2.33. The number of sulfonamides is 1. The summed E-state index contributed by atoms with van der Waals surface area (Å²) in [5, 5.41) is 18.8. The van der Waals surface area contributed by atoms with Gasteiger partial charge in [-0.15, -0.1) is 0 Å². The number of nitrogens with one attached hydrogen (secondary N) is 2. The van der Waals surface area contributed by atoms with Crippen LogP contribution in [0.25, 0.3) is 10.2 Å². The number of aliphatic hydroxyl groups excluding tert-OH is 1. The molecule has 3 aromatic rings. The van der Waals surface area contributed by atoms with E-state index in [0.29, 0.717) is 18.6 Å². The van der Waals surface area contributed by atoms with E-state index >= 15 is 0 Å². The van der Waals surface area contributed by atoms with Gasteiger partial charge in [-0.05, 0) is 54.9 Å². The van der Waals surface area contributed by atoms with Gasteiger partial charge < -0.3 is 34.9 Å². The van der Waals surface area contributed by atoms with E-state index in [1.807, 2.05) is 44.2 Å². The summed E-state index contributed by atoms with van der Waals surface area (Å²) < 4.78 is 47.5. The predicted molar refractivity (Wildman–Crippen MR) is 194 cm³/mol. The SMILES string of the molecule is CC(C)CN1CC[C@@H](Nc2nc3ccc(S(=O)(=O)N(CC(C)C)C[C@@H](O)[C@H](Cc4ccccc4)NC(=O)O[C@H]4CO[C@H]5OCC[C@H]54)cc3s2)C1. The van der Waals surface area contributed by atoms with Crippen molar-refractivity contribution in [2.24, 2.45) is 17.8 Å². The lowest BCUT2D eigenvalue weighted by Gasteiger charge is -2.31. The van der Waals surface area contributed by atoms with Crippen LogP contribution in [-0.2, 0) is 30.7 Å². The Labute approximate surface area is 299 Å². The molecule has 0 unspecified atom stereocenters. The number of aliphatic hydroxyl groups is 1. The zero-order valence-corrected chi connectivity index (χ0v) is 31.0. The fraction of sp³-hybridized carbons (Fsp3) is 0.611. The van der Waals surface area contributed by atoms with E-state index in [0.717, 1.165) is 53.4 Å². The lowest BCUT2D eigenvalue weighted by molar-refractivity contribution is -0.0907. The highest BCUT2D eigenvalue weighted by atomic mass is 32.2. The third-order valence-electron chi connectivity index (χ3n) is 9.49. The zero-order chi connectivity index (χ0) is 35.4. The van der Waals surface area contributed by atoms with Gasteiger partial charge in [0.05, 0.1) is 46.4 Å². The van der Waals surface area contributed by atoms with Crippen molar-refractivity contribution in [3.63, 3.8) is 0 Å². The van der Waals surface area contributed by atoms with E-state index in [9.17, 15) is 18.3 Å². The smallest absolute Gasteiger partial charge is 0.407 e. The zero-order valence-electron chi connectivity index (χ0n) is 29.4. The van der Waals surface area contributed by atoms with Gasteiger partial charge in [0.15, 0.2) is 11.4 Å². The summed E-state index contributed by atoms with van der Waals surface area (Å²) in [5.74, 6) is 0.565. The van der Waals surface area contributed by atoms with Gasteiger partial charge >= 0.3 is 6.09 Å². The average Bonchev–Trinajstić information content (AvgIpc) is 3.86. The molecule has 1 amide bonds. The minimum atomic E-state index is -4.03. The number of alkyl carbamates (subject to hydrolysis) is 1. The van der Waals surface area contributed by atoms with Crippen LogP contribution in [0.15, 0.2) is 53.4 Å². The number of thiazole rings is 1. The molecule has 50 heavy (non-hydrogen) atoms. The lowest BCUT2D eigenvalue weighted by atomic mass is 10.0. The Hall–Kier alpha value is -2.85. The molecule has 3 fully saturated rings. The normalized spacial score (nSPS) is 23.9. The molecule has 4 heterocycles. The van der Waals surface area contributed by atoms with Crippen molar-refractivity contribution >= 4 is 42.8 Å². The van der Waals surface area contributed by atoms with E-state index in [4.69, 9.17) is 19.2 Å². The lowest BCUT2D eigenvalue weighted by Crippen LogP contribution is -2.51. The minimum Gasteiger partial charge on any atom is -0.443 e. The topological polar surface area (TPSA) is 143 Å². The molecule has 14 heteroatoms. The van der Waals surface area contributed by atoms with E-state index in [1.165, 1.54) is 15.6 Å². The summed E-state index contributed by atoms with van der Waals surface area (Å²) in [6.07, 6.45) is -0.681. The highest BCUT2D eigenvalue weighted by Gasteiger charge is 2.44. The summed E-state index contributed by atoms with van der Waals surface area (Å²) in [5.41, 5.74) is 1.62. The second-order valence-corrected chi connectivity index (χ2v) is 17.6. The molecule has 6 rings (SSSR count). The number of ether oxygens (including phenoxy) is 3. The Morgan fingerprint density at radius 2 is 1.90 bits per heavy atom. The van der Waals surface area contributed by atoms with Gasteiger partial charge in [-0.2, -0.15) is 4.31 Å². The van der Waals surface area contributed by atoms with Crippen molar-refractivity contribution in [3.8, 4) is 0 Å². The fourth-order valence-corrected chi connectivity index (χ4v) is 9.82. The number of fused-ring (bicyclic) bond motifs is 2. The number of hydrogen-bond donors (Lipinski definition) is 3. The van der Waals surface area contributed by atoms with Crippen LogP contribution >= 0.6 is 11.3 Å². The Bertz CT molecular complexity index is 1690. The van der Waals surface area contributed by atoms with Gasteiger partial charge in [-0.3, -0.25) is 0 Å². The molecule has 6 atom stereocenters. The molecule has 0 spiro atoms. The molecule has 0 radical (unpaired) electrons. The first-order chi connectivity index (χ1) is 23.9. The highest BCUT2D eigenvalue weighted by molar-refractivity contribution is 7.89. The number of benzene rings is 2. The van der Waals surface area contributed by atoms with Gasteiger partial charge in [-0.25, -0.2) is 18.2 Å². The molecule has 0 aliphatic carbocycles. The van der Waals surface area contributed by atoms with Crippen LogP contribution in [0.1, 0.15) is 46.1 Å². The minimum absolute atomic E-state index is 0.0176. The van der Waals surface area contributed by atoms with E-state index in [-0.39, 0.29) is 49.1 Å². The molecule has 3 aliphatic rings. The van der Waals surface area contributed by atoms with Gasteiger partial charge in [0.2, 0.25) is 10.0 Å². The quantitative estimate of drug-likeness (QED) is 0.204. The number of aromatic nitrogens is 1. The predicted octanol–water partition coefficient (Wildman–Crippen LogP) is 4.55. The monoisotopic (exact) mass is 729 g/mol. The molecule has 274 valence electrons. The molecule has 3 N–H and O–H groups in total. The Kier molecular flexibility index (Phi) is 12.0. The maximum absolute atomic E-state index is 14.2. The van der Waals surface area contributed by atoms with Gasteiger partial charge in [0.1, 0.15) is 6.10 Å². The second-order valence-electron chi connectivity index (χ2n) is 14.6. The summed E-state index contributed by atoms with van der Waals surface area (Å²) in [7, 11) is -4.03. The third-order valence-corrected chi connectivity index (χ3v) is 12.3. The number of hydrogen-bond acceptors (Lipinski definition) is 11. The van der Waals surface area contributed by atoms with E-state index in [2.05, 4.69) is 29.4 Å². The fourth-order valence-electron chi connectivity index (χ4n) is 7.12. The second kappa shape index (κ2) is 16.2. The van der Waals surface area contributed by atoms with Crippen LogP contribution < -0.4 is 10.6 Å². The number of likely N-dealkylation sites (tertiary alicyclic amines) is 1. The van der Waals surface area contributed by atoms with Crippen LogP contribution in [0.3, 0.4) is 0 Å². The van der Waals surface area contributed by atoms with Crippen LogP contribution in [-0.4, -0.2) is 110 Å². The van der Waals surface area contributed by atoms with E-state index in [1.54, 1.807) is 18.2 Å². The maximum atomic E-state index is 14.2.